The molecule has 0 radical (unpaired) electrons. The molecule has 0 amide bonds. The molecule has 2 N–H and O–H groups in total. The molecular formula is C14H16N4O2S. The van der Waals surface area contributed by atoms with E-state index in [0.717, 1.165) is 0 Å². The van der Waals surface area contributed by atoms with Crippen LogP contribution in [0.2, 0.25) is 0 Å². The van der Waals surface area contributed by atoms with E-state index in [1.54, 1.807) is 43.3 Å². The lowest BCUT2D eigenvalue weighted by atomic mass is 10.2. The quantitative estimate of drug-likeness (QED) is 0.881. The second-order valence-electron chi connectivity index (χ2n) is 4.60. The topological polar surface area (TPSA) is 88.1 Å². The van der Waals surface area contributed by atoms with E-state index in [4.69, 9.17) is 5.14 Å². The summed E-state index contributed by atoms with van der Waals surface area (Å²) in [6.45, 7) is 0. The number of hydrogen-bond donors (Lipinski definition) is 1. The van der Waals surface area contributed by atoms with Crippen LogP contribution in [0.15, 0.2) is 63.7 Å². The van der Waals surface area contributed by atoms with E-state index in [1.807, 2.05) is 18.2 Å². The summed E-state index contributed by atoms with van der Waals surface area (Å²) in [4.78, 5) is 1.71. The molecule has 0 atom stereocenters. The minimum absolute atomic E-state index is 0.0478. The maximum Gasteiger partial charge on any atom is 0.240 e. The van der Waals surface area contributed by atoms with Gasteiger partial charge >= 0.3 is 0 Å². The molecule has 0 aromatic heterocycles. The van der Waals surface area contributed by atoms with Crippen LogP contribution in [0.3, 0.4) is 0 Å². The second-order valence-corrected chi connectivity index (χ2v) is 6.13. The lowest BCUT2D eigenvalue weighted by Crippen LogP contribution is -2.15. The zero-order chi connectivity index (χ0) is 15.5. The molecule has 0 spiro atoms. The number of sulfonamides is 1. The van der Waals surface area contributed by atoms with Crippen LogP contribution in [0.5, 0.6) is 0 Å². The summed E-state index contributed by atoms with van der Waals surface area (Å²) in [7, 11) is -0.283. The highest BCUT2D eigenvalue weighted by atomic mass is 32.2. The van der Waals surface area contributed by atoms with Crippen LogP contribution in [0.4, 0.5) is 17.1 Å². The standard InChI is InChI=1S/C14H16N4O2S/c1-18(2)12-9-6-10-13(21(15,19)20)14(12)17-16-11-7-4-3-5-8-11/h3-10H,1-2H3,(H2,15,19,20). The van der Waals surface area contributed by atoms with Crippen molar-refractivity contribution < 1.29 is 8.42 Å². The van der Waals surface area contributed by atoms with Crippen molar-refractivity contribution in [3.8, 4) is 0 Å². The summed E-state index contributed by atoms with van der Waals surface area (Å²) >= 11 is 0. The smallest absolute Gasteiger partial charge is 0.240 e. The summed E-state index contributed by atoms with van der Waals surface area (Å²) in [6.07, 6.45) is 0. The fraction of sp³-hybridized carbons (Fsp3) is 0.143. The number of anilines is 1. The van der Waals surface area contributed by atoms with Gasteiger partial charge in [-0.05, 0) is 24.3 Å². The van der Waals surface area contributed by atoms with Crippen LogP contribution in [0.25, 0.3) is 0 Å². The molecule has 0 bridgehead atoms. The average molecular weight is 304 g/mol. The van der Waals surface area contributed by atoms with Crippen molar-refractivity contribution in [1.82, 2.24) is 0 Å². The number of hydrogen-bond acceptors (Lipinski definition) is 5. The normalized spacial score (nSPS) is 11.8. The Balaban J connectivity index is 2.57. The molecule has 110 valence electrons. The van der Waals surface area contributed by atoms with Crippen LogP contribution in [-0.2, 0) is 10.0 Å². The zero-order valence-corrected chi connectivity index (χ0v) is 12.6. The fourth-order valence-electron chi connectivity index (χ4n) is 1.80. The van der Waals surface area contributed by atoms with E-state index in [-0.39, 0.29) is 10.6 Å². The van der Waals surface area contributed by atoms with Gasteiger partial charge in [0.1, 0.15) is 10.6 Å². The minimum Gasteiger partial charge on any atom is -0.376 e. The molecule has 0 heterocycles. The Morgan fingerprint density at radius 3 is 2.19 bits per heavy atom. The van der Waals surface area contributed by atoms with Gasteiger partial charge in [0.25, 0.3) is 0 Å². The highest BCUT2D eigenvalue weighted by Gasteiger charge is 2.18. The first kappa shape index (κ1) is 15.1. The van der Waals surface area contributed by atoms with Crippen molar-refractivity contribution in [2.45, 2.75) is 4.90 Å². The molecule has 2 aromatic rings. The molecular weight excluding hydrogens is 288 g/mol. The van der Waals surface area contributed by atoms with E-state index >= 15 is 0 Å². The fourth-order valence-corrected chi connectivity index (χ4v) is 2.49. The lowest BCUT2D eigenvalue weighted by Gasteiger charge is -2.16. The minimum atomic E-state index is -3.87. The molecule has 2 rings (SSSR count). The molecule has 0 saturated heterocycles. The molecule has 2 aromatic carbocycles. The number of nitrogens with two attached hydrogens (primary N) is 1. The molecule has 0 unspecified atom stereocenters. The monoisotopic (exact) mass is 304 g/mol. The van der Waals surface area contributed by atoms with Gasteiger partial charge in [-0.2, -0.15) is 5.11 Å². The summed E-state index contributed by atoms with van der Waals surface area (Å²) in [5, 5.41) is 13.4. The summed E-state index contributed by atoms with van der Waals surface area (Å²) < 4.78 is 23.4. The molecule has 0 aliphatic carbocycles. The van der Waals surface area contributed by atoms with E-state index in [9.17, 15) is 8.42 Å². The van der Waals surface area contributed by atoms with Gasteiger partial charge in [0.15, 0.2) is 0 Å². The predicted octanol–water partition coefficient (Wildman–Crippen LogP) is 2.82. The molecule has 0 saturated carbocycles. The first-order valence-corrected chi connectivity index (χ1v) is 7.74. The van der Waals surface area contributed by atoms with Crippen LogP contribution in [0.1, 0.15) is 0 Å². The third kappa shape index (κ3) is 3.65. The maximum absolute atomic E-state index is 11.7. The van der Waals surface area contributed by atoms with Crippen LogP contribution in [-0.4, -0.2) is 22.5 Å². The van der Waals surface area contributed by atoms with Gasteiger partial charge < -0.3 is 4.90 Å². The number of primary sulfonamides is 1. The molecule has 0 aliphatic rings. The van der Waals surface area contributed by atoms with Crippen molar-refractivity contribution in [2.75, 3.05) is 19.0 Å². The van der Waals surface area contributed by atoms with Gasteiger partial charge in [-0.15, -0.1) is 5.11 Å². The first-order chi connectivity index (χ1) is 9.89. The Bertz CT molecular complexity index is 756. The molecule has 6 nitrogen and oxygen atoms in total. The van der Waals surface area contributed by atoms with Crippen molar-refractivity contribution in [3.05, 3.63) is 48.5 Å². The van der Waals surface area contributed by atoms with Gasteiger partial charge in [0, 0.05) is 14.1 Å². The van der Waals surface area contributed by atoms with E-state index in [1.165, 1.54) is 6.07 Å². The summed E-state index contributed by atoms with van der Waals surface area (Å²) in [5.41, 5.74) is 1.49. The van der Waals surface area contributed by atoms with Gasteiger partial charge in [-0.25, -0.2) is 13.6 Å². The first-order valence-electron chi connectivity index (χ1n) is 6.19. The SMILES string of the molecule is CN(C)c1cccc(S(N)(=O)=O)c1N=Nc1ccccc1. The zero-order valence-electron chi connectivity index (χ0n) is 11.8. The van der Waals surface area contributed by atoms with Crippen molar-refractivity contribution in [2.24, 2.45) is 15.4 Å². The summed E-state index contributed by atoms with van der Waals surface area (Å²) in [6, 6.07) is 13.9. The van der Waals surface area contributed by atoms with Crippen LogP contribution >= 0.6 is 0 Å². The highest BCUT2D eigenvalue weighted by molar-refractivity contribution is 7.89. The van der Waals surface area contributed by atoms with E-state index in [0.29, 0.717) is 11.4 Å². The number of benzene rings is 2. The van der Waals surface area contributed by atoms with Crippen LogP contribution < -0.4 is 10.0 Å². The van der Waals surface area contributed by atoms with E-state index in [2.05, 4.69) is 10.2 Å². The third-order valence-corrected chi connectivity index (χ3v) is 3.73. The Labute approximate surface area is 124 Å². The number of azo groups is 1. The molecule has 0 fully saturated rings. The lowest BCUT2D eigenvalue weighted by molar-refractivity contribution is 0.598. The Morgan fingerprint density at radius 2 is 1.62 bits per heavy atom. The van der Waals surface area contributed by atoms with Crippen molar-refractivity contribution >= 4 is 27.1 Å². The van der Waals surface area contributed by atoms with Crippen molar-refractivity contribution in [1.29, 1.82) is 0 Å². The van der Waals surface area contributed by atoms with Gasteiger partial charge in [-0.3, -0.25) is 0 Å². The summed E-state index contributed by atoms with van der Waals surface area (Å²) in [5.74, 6) is 0. The van der Waals surface area contributed by atoms with Gasteiger partial charge in [0.2, 0.25) is 10.0 Å². The third-order valence-electron chi connectivity index (χ3n) is 2.79. The molecule has 21 heavy (non-hydrogen) atoms. The second kappa shape index (κ2) is 6.02. The van der Waals surface area contributed by atoms with Crippen molar-refractivity contribution in [3.63, 3.8) is 0 Å². The van der Waals surface area contributed by atoms with Crippen LogP contribution in [0, 0.1) is 0 Å². The number of nitrogens with zero attached hydrogens (tertiary/aromatic N) is 3. The maximum atomic E-state index is 11.7. The Kier molecular flexibility index (Phi) is 4.35. The Hall–Kier alpha value is -2.25. The number of rotatable bonds is 4. The van der Waals surface area contributed by atoms with E-state index < -0.39 is 10.0 Å². The molecule has 7 heteroatoms. The average Bonchev–Trinajstić information content (AvgIpc) is 2.44. The van der Waals surface area contributed by atoms with Gasteiger partial charge in [0.05, 0.1) is 11.4 Å². The Morgan fingerprint density at radius 1 is 0.952 bits per heavy atom. The molecule has 0 aliphatic heterocycles. The van der Waals surface area contributed by atoms with Gasteiger partial charge in [-0.1, -0.05) is 24.3 Å². The largest absolute Gasteiger partial charge is 0.376 e. The highest BCUT2D eigenvalue weighted by Crippen LogP contribution is 2.34. The predicted molar refractivity (Wildman–Crippen MR) is 82.8 cm³/mol.